The summed E-state index contributed by atoms with van der Waals surface area (Å²) in [6, 6.07) is 7.98. The SMILES string of the molecule is O=S(=O)(Cl)NN1CCc2ccccc2C1. The van der Waals surface area contributed by atoms with E-state index in [1.807, 2.05) is 18.2 Å². The maximum absolute atomic E-state index is 10.8. The van der Waals surface area contributed by atoms with Crippen LogP contribution in [0.4, 0.5) is 0 Å². The van der Waals surface area contributed by atoms with Gasteiger partial charge >= 0.3 is 9.24 Å². The Kier molecular flexibility index (Phi) is 2.97. The van der Waals surface area contributed by atoms with Crippen molar-refractivity contribution < 1.29 is 8.42 Å². The second-order valence-electron chi connectivity index (χ2n) is 3.47. The third-order valence-corrected chi connectivity index (χ3v) is 3.05. The summed E-state index contributed by atoms with van der Waals surface area (Å²) in [6.07, 6.45) is 0.829. The van der Waals surface area contributed by atoms with Crippen LogP contribution in [0.1, 0.15) is 11.1 Å². The first-order valence-corrected chi connectivity index (χ1v) is 6.89. The smallest absolute Gasteiger partial charge is 0.225 e. The van der Waals surface area contributed by atoms with E-state index < -0.39 is 9.24 Å². The van der Waals surface area contributed by atoms with Gasteiger partial charge in [0.1, 0.15) is 0 Å². The lowest BCUT2D eigenvalue weighted by atomic mass is 10.0. The highest BCUT2D eigenvalue weighted by atomic mass is 35.7. The number of rotatable bonds is 2. The van der Waals surface area contributed by atoms with E-state index in [0.717, 1.165) is 12.0 Å². The van der Waals surface area contributed by atoms with Crippen molar-refractivity contribution in [2.75, 3.05) is 6.54 Å². The molecule has 0 saturated heterocycles. The normalized spacial score (nSPS) is 17.4. The van der Waals surface area contributed by atoms with Gasteiger partial charge in [0.2, 0.25) is 0 Å². The van der Waals surface area contributed by atoms with Crippen molar-refractivity contribution in [1.82, 2.24) is 9.84 Å². The Labute approximate surface area is 93.4 Å². The van der Waals surface area contributed by atoms with Gasteiger partial charge in [-0.3, -0.25) is 0 Å². The third-order valence-electron chi connectivity index (χ3n) is 2.37. The van der Waals surface area contributed by atoms with E-state index in [1.54, 1.807) is 5.01 Å². The van der Waals surface area contributed by atoms with E-state index in [1.165, 1.54) is 5.56 Å². The van der Waals surface area contributed by atoms with Crippen LogP contribution in [-0.2, 0) is 22.2 Å². The van der Waals surface area contributed by atoms with Gasteiger partial charge in [0.15, 0.2) is 0 Å². The molecule has 1 heterocycles. The maximum atomic E-state index is 10.8. The molecule has 4 nitrogen and oxygen atoms in total. The van der Waals surface area contributed by atoms with Crippen molar-refractivity contribution in [3.63, 3.8) is 0 Å². The number of nitrogens with one attached hydrogen (secondary N) is 1. The number of hydrazine groups is 1. The number of hydrogen-bond donors (Lipinski definition) is 1. The molecule has 1 N–H and O–H groups in total. The van der Waals surface area contributed by atoms with E-state index >= 15 is 0 Å². The highest BCUT2D eigenvalue weighted by Crippen LogP contribution is 2.17. The zero-order valence-electron chi connectivity index (χ0n) is 7.98. The molecule has 1 aromatic rings. The fourth-order valence-corrected chi connectivity index (χ4v) is 2.48. The quantitative estimate of drug-likeness (QED) is 0.793. The zero-order valence-corrected chi connectivity index (χ0v) is 9.55. The van der Waals surface area contributed by atoms with Gasteiger partial charge in [-0.05, 0) is 17.5 Å². The van der Waals surface area contributed by atoms with Crippen molar-refractivity contribution in [2.24, 2.45) is 0 Å². The Hall–Kier alpha value is -0.620. The van der Waals surface area contributed by atoms with Crippen LogP contribution >= 0.6 is 10.7 Å². The molecule has 1 aliphatic heterocycles. The molecule has 0 radical (unpaired) electrons. The van der Waals surface area contributed by atoms with Gasteiger partial charge in [0, 0.05) is 23.8 Å². The molecule has 0 atom stereocenters. The summed E-state index contributed by atoms with van der Waals surface area (Å²) in [5, 5.41) is 1.60. The molecular formula is C9H11ClN2O2S. The Morgan fingerprint density at radius 3 is 2.60 bits per heavy atom. The van der Waals surface area contributed by atoms with Crippen molar-refractivity contribution in [3.05, 3.63) is 35.4 Å². The largest absolute Gasteiger partial charge is 0.310 e. The van der Waals surface area contributed by atoms with E-state index in [-0.39, 0.29) is 0 Å². The topological polar surface area (TPSA) is 49.4 Å². The molecule has 82 valence electrons. The zero-order chi connectivity index (χ0) is 10.9. The summed E-state index contributed by atoms with van der Waals surface area (Å²) >= 11 is 0. The highest BCUT2D eigenvalue weighted by Gasteiger charge is 2.18. The number of hydrogen-bond acceptors (Lipinski definition) is 3. The van der Waals surface area contributed by atoms with Crippen molar-refractivity contribution in [2.45, 2.75) is 13.0 Å². The highest BCUT2D eigenvalue weighted by molar-refractivity contribution is 8.12. The molecule has 0 spiro atoms. The average molecular weight is 247 g/mol. The van der Waals surface area contributed by atoms with E-state index in [2.05, 4.69) is 10.9 Å². The second kappa shape index (κ2) is 4.09. The van der Waals surface area contributed by atoms with Crippen LogP contribution in [0.3, 0.4) is 0 Å². The predicted molar refractivity (Wildman–Crippen MR) is 58.5 cm³/mol. The summed E-state index contributed by atoms with van der Waals surface area (Å²) in [4.78, 5) is 2.27. The standard InChI is InChI=1S/C9H11ClN2O2S/c10-15(13,14)11-12-6-5-8-3-1-2-4-9(8)7-12/h1-4,11H,5-7H2. The predicted octanol–water partition coefficient (Wildman–Crippen LogP) is 1.03. The molecule has 0 amide bonds. The van der Waals surface area contributed by atoms with Gasteiger partial charge in [-0.25, -0.2) is 5.01 Å². The van der Waals surface area contributed by atoms with Crippen LogP contribution < -0.4 is 4.83 Å². The fourth-order valence-electron chi connectivity index (χ4n) is 1.73. The molecule has 0 aromatic heterocycles. The van der Waals surface area contributed by atoms with E-state index in [9.17, 15) is 8.42 Å². The Morgan fingerprint density at radius 2 is 1.93 bits per heavy atom. The van der Waals surface area contributed by atoms with Crippen LogP contribution in [-0.4, -0.2) is 20.0 Å². The van der Waals surface area contributed by atoms with Crippen molar-refractivity contribution >= 4 is 19.9 Å². The maximum Gasteiger partial charge on any atom is 0.310 e. The molecular weight excluding hydrogens is 236 g/mol. The minimum Gasteiger partial charge on any atom is -0.225 e. The summed E-state index contributed by atoms with van der Waals surface area (Å²) in [5.74, 6) is 0. The lowest BCUT2D eigenvalue weighted by Gasteiger charge is -2.27. The van der Waals surface area contributed by atoms with E-state index in [0.29, 0.717) is 13.1 Å². The molecule has 6 heteroatoms. The molecule has 0 saturated carbocycles. The minimum atomic E-state index is -3.68. The lowest BCUT2D eigenvalue weighted by molar-refractivity contribution is 0.223. The average Bonchev–Trinajstić information content (AvgIpc) is 2.15. The molecule has 1 aromatic carbocycles. The summed E-state index contributed by atoms with van der Waals surface area (Å²) in [7, 11) is 1.43. The monoisotopic (exact) mass is 246 g/mol. The van der Waals surface area contributed by atoms with Crippen LogP contribution in [0.15, 0.2) is 24.3 Å². The molecule has 2 rings (SSSR count). The van der Waals surface area contributed by atoms with Crippen LogP contribution in [0.5, 0.6) is 0 Å². The Bertz CT molecular complexity index is 461. The molecule has 0 aliphatic carbocycles. The van der Waals surface area contributed by atoms with Gasteiger partial charge in [-0.1, -0.05) is 24.3 Å². The molecule has 0 fully saturated rings. The number of benzene rings is 1. The van der Waals surface area contributed by atoms with Crippen molar-refractivity contribution in [3.8, 4) is 0 Å². The summed E-state index contributed by atoms with van der Waals surface area (Å²) < 4.78 is 21.6. The molecule has 1 aliphatic rings. The lowest BCUT2D eigenvalue weighted by Crippen LogP contribution is -2.43. The van der Waals surface area contributed by atoms with Gasteiger partial charge in [0.25, 0.3) is 0 Å². The minimum absolute atomic E-state index is 0.558. The van der Waals surface area contributed by atoms with Crippen molar-refractivity contribution in [1.29, 1.82) is 0 Å². The van der Waals surface area contributed by atoms with E-state index in [4.69, 9.17) is 10.7 Å². The molecule has 0 bridgehead atoms. The number of halogens is 1. The number of nitrogens with zero attached hydrogens (tertiary/aromatic N) is 1. The fraction of sp³-hybridized carbons (Fsp3) is 0.333. The van der Waals surface area contributed by atoms with Crippen LogP contribution in [0.25, 0.3) is 0 Å². The second-order valence-corrected chi connectivity index (χ2v) is 5.75. The van der Waals surface area contributed by atoms with Gasteiger partial charge in [-0.15, -0.1) is 4.83 Å². The Balaban J connectivity index is 2.12. The first kappa shape index (κ1) is 10.9. The molecule has 15 heavy (non-hydrogen) atoms. The third kappa shape index (κ3) is 2.92. The number of fused-ring (bicyclic) bond motifs is 1. The van der Waals surface area contributed by atoms with Gasteiger partial charge < -0.3 is 0 Å². The Morgan fingerprint density at radius 1 is 1.27 bits per heavy atom. The summed E-state index contributed by atoms with van der Waals surface area (Å²) in [6.45, 7) is 1.20. The van der Waals surface area contributed by atoms with Gasteiger partial charge in [0.05, 0.1) is 0 Å². The van der Waals surface area contributed by atoms with Crippen LogP contribution in [0.2, 0.25) is 0 Å². The van der Waals surface area contributed by atoms with Gasteiger partial charge in [-0.2, -0.15) is 8.42 Å². The molecule has 0 unspecified atom stereocenters. The van der Waals surface area contributed by atoms with Crippen LogP contribution in [0, 0.1) is 0 Å². The first-order valence-electron chi connectivity index (χ1n) is 4.58. The summed E-state index contributed by atoms with van der Waals surface area (Å²) in [5.41, 5.74) is 2.40. The first-order chi connectivity index (χ1) is 7.04.